The monoisotopic (exact) mass is 227 g/mol. The van der Waals surface area contributed by atoms with E-state index in [0.717, 1.165) is 10.9 Å². The average Bonchev–Trinajstić information content (AvgIpc) is 2.63. The smallest absolute Gasteiger partial charge is 0.361 e. The number of halogens is 3. The van der Waals surface area contributed by atoms with Gasteiger partial charge in [-0.3, -0.25) is 4.79 Å². The molecule has 84 valence electrons. The predicted octanol–water partition coefficient (Wildman–Crippen LogP) is 2.84. The number of alkyl halides is 3. The van der Waals surface area contributed by atoms with Crippen molar-refractivity contribution < 1.29 is 18.0 Å². The standard InChI is InChI=1S/C11H8F3NO/c12-11(13,14)10(16)6-7-1-2-9-8(5-7)3-4-15-9/h1-5,15H,6H2. The van der Waals surface area contributed by atoms with Gasteiger partial charge in [0.05, 0.1) is 0 Å². The molecule has 0 fully saturated rings. The molecule has 1 aromatic carbocycles. The highest BCUT2D eigenvalue weighted by Gasteiger charge is 2.37. The molecule has 2 aromatic rings. The lowest BCUT2D eigenvalue weighted by Crippen LogP contribution is -2.24. The van der Waals surface area contributed by atoms with Crippen LogP contribution in [0, 0.1) is 0 Å². The molecule has 1 aromatic heterocycles. The Morgan fingerprint density at radius 2 is 2.00 bits per heavy atom. The van der Waals surface area contributed by atoms with E-state index >= 15 is 0 Å². The number of fused-ring (bicyclic) bond motifs is 1. The molecule has 0 bridgehead atoms. The molecule has 0 saturated heterocycles. The van der Waals surface area contributed by atoms with Gasteiger partial charge in [-0.1, -0.05) is 6.07 Å². The lowest BCUT2D eigenvalue weighted by Gasteiger charge is -2.05. The Balaban J connectivity index is 2.24. The molecule has 2 nitrogen and oxygen atoms in total. The van der Waals surface area contributed by atoms with Gasteiger partial charge in [0.25, 0.3) is 0 Å². The second kappa shape index (κ2) is 3.66. The van der Waals surface area contributed by atoms with Gasteiger partial charge in [0.1, 0.15) is 0 Å². The maximum Gasteiger partial charge on any atom is 0.450 e. The summed E-state index contributed by atoms with van der Waals surface area (Å²) in [4.78, 5) is 13.7. The lowest BCUT2D eigenvalue weighted by atomic mass is 10.1. The number of Topliss-reactive ketones (excluding diaryl/α,β-unsaturated/α-hetero) is 1. The Bertz CT molecular complexity index is 527. The molecular weight excluding hydrogens is 219 g/mol. The zero-order valence-electron chi connectivity index (χ0n) is 8.14. The molecule has 0 atom stereocenters. The van der Waals surface area contributed by atoms with E-state index in [1.807, 2.05) is 0 Å². The van der Waals surface area contributed by atoms with Crippen LogP contribution in [-0.4, -0.2) is 16.9 Å². The number of carbonyl (C=O) groups excluding carboxylic acids is 1. The summed E-state index contributed by atoms with van der Waals surface area (Å²) in [6.07, 6.45) is -3.67. The van der Waals surface area contributed by atoms with E-state index in [9.17, 15) is 18.0 Å². The minimum absolute atomic E-state index is 0.370. The largest absolute Gasteiger partial charge is 0.450 e. The quantitative estimate of drug-likeness (QED) is 0.840. The molecule has 0 aliphatic rings. The number of rotatable bonds is 2. The third kappa shape index (κ3) is 2.08. The van der Waals surface area contributed by atoms with Gasteiger partial charge in [-0.25, -0.2) is 0 Å². The van der Waals surface area contributed by atoms with Crippen molar-refractivity contribution >= 4 is 16.7 Å². The van der Waals surface area contributed by atoms with E-state index in [0.29, 0.717) is 5.56 Å². The summed E-state index contributed by atoms with van der Waals surface area (Å²) in [5.74, 6) is -1.72. The molecule has 0 saturated carbocycles. The summed E-state index contributed by atoms with van der Waals surface area (Å²) < 4.78 is 36.1. The number of H-pyrrole nitrogens is 1. The van der Waals surface area contributed by atoms with E-state index < -0.39 is 18.4 Å². The molecule has 0 spiro atoms. The number of hydrogen-bond donors (Lipinski definition) is 1. The zero-order valence-corrected chi connectivity index (χ0v) is 8.14. The number of aromatic amines is 1. The summed E-state index contributed by atoms with van der Waals surface area (Å²) in [5.41, 5.74) is 1.21. The molecule has 0 radical (unpaired) electrons. The minimum Gasteiger partial charge on any atom is -0.361 e. The molecule has 16 heavy (non-hydrogen) atoms. The highest BCUT2D eigenvalue weighted by molar-refractivity contribution is 5.87. The maximum atomic E-state index is 12.0. The van der Waals surface area contributed by atoms with Crippen molar-refractivity contribution in [2.24, 2.45) is 0 Å². The predicted molar refractivity (Wildman–Crippen MR) is 53.1 cm³/mol. The fourth-order valence-electron chi connectivity index (χ4n) is 1.50. The Morgan fingerprint density at radius 3 is 2.69 bits per heavy atom. The third-order valence-corrected chi connectivity index (χ3v) is 2.30. The second-order valence-corrected chi connectivity index (χ2v) is 3.50. The number of carbonyl (C=O) groups is 1. The van der Waals surface area contributed by atoms with Crippen molar-refractivity contribution in [2.75, 3.05) is 0 Å². The molecular formula is C11H8F3NO. The van der Waals surface area contributed by atoms with Crippen LogP contribution in [-0.2, 0) is 11.2 Å². The van der Waals surface area contributed by atoms with Crippen molar-refractivity contribution in [1.82, 2.24) is 4.98 Å². The van der Waals surface area contributed by atoms with Crippen LogP contribution in [0.4, 0.5) is 13.2 Å². The number of hydrogen-bond acceptors (Lipinski definition) is 1. The van der Waals surface area contributed by atoms with Crippen LogP contribution in [0.5, 0.6) is 0 Å². The van der Waals surface area contributed by atoms with Gasteiger partial charge < -0.3 is 4.98 Å². The van der Waals surface area contributed by atoms with Crippen molar-refractivity contribution in [2.45, 2.75) is 12.6 Å². The molecule has 0 aliphatic heterocycles. The van der Waals surface area contributed by atoms with E-state index in [1.165, 1.54) is 6.07 Å². The number of aromatic nitrogens is 1. The first-order chi connectivity index (χ1) is 7.47. The van der Waals surface area contributed by atoms with Crippen LogP contribution in [0.1, 0.15) is 5.56 Å². The topological polar surface area (TPSA) is 32.9 Å². The van der Waals surface area contributed by atoms with Gasteiger partial charge in [-0.2, -0.15) is 13.2 Å². The summed E-state index contributed by atoms with van der Waals surface area (Å²) in [6, 6.07) is 6.50. The fourth-order valence-corrected chi connectivity index (χ4v) is 1.50. The molecule has 1 N–H and O–H groups in total. The molecule has 5 heteroatoms. The van der Waals surface area contributed by atoms with E-state index in [1.54, 1.807) is 24.4 Å². The van der Waals surface area contributed by atoms with Crippen LogP contribution in [0.3, 0.4) is 0 Å². The van der Waals surface area contributed by atoms with Crippen LogP contribution < -0.4 is 0 Å². The summed E-state index contributed by atoms with van der Waals surface area (Å²) in [6.45, 7) is 0. The fraction of sp³-hybridized carbons (Fsp3) is 0.182. The van der Waals surface area contributed by atoms with E-state index in [2.05, 4.69) is 4.98 Å². The highest BCUT2D eigenvalue weighted by Crippen LogP contribution is 2.20. The molecule has 0 aliphatic carbocycles. The first-order valence-electron chi connectivity index (χ1n) is 4.63. The molecule has 1 heterocycles. The number of nitrogens with one attached hydrogen (secondary N) is 1. The van der Waals surface area contributed by atoms with Gasteiger partial charge >= 0.3 is 6.18 Å². The van der Waals surface area contributed by atoms with Crippen molar-refractivity contribution in [3.63, 3.8) is 0 Å². The minimum atomic E-state index is -4.76. The normalized spacial score (nSPS) is 11.9. The maximum absolute atomic E-state index is 12.0. The van der Waals surface area contributed by atoms with Crippen molar-refractivity contribution in [3.05, 3.63) is 36.0 Å². The first-order valence-corrected chi connectivity index (χ1v) is 4.63. The Hall–Kier alpha value is -1.78. The van der Waals surface area contributed by atoms with Gasteiger partial charge in [0.2, 0.25) is 5.78 Å². The SMILES string of the molecule is O=C(Cc1ccc2[nH]ccc2c1)C(F)(F)F. The van der Waals surface area contributed by atoms with Gasteiger partial charge in [-0.15, -0.1) is 0 Å². The number of ketones is 1. The molecule has 2 rings (SSSR count). The highest BCUT2D eigenvalue weighted by atomic mass is 19.4. The van der Waals surface area contributed by atoms with Crippen molar-refractivity contribution in [1.29, 1.82) is 0 Å². The van der Waals surface area contributed by atoms with Crippen LogP contribution in [0.15, 0.2) is 30.5 Å². The van der Waals surface area contributed by atoms with Gasteiger partial charge in [0.15, 0.2) is 0 Å². The Labute approximate surface area is 89.1 Å². The second-order valence-electron chi connectivity index (χ2n) is 3.50. The van der Waals surface area contributed by atoms with Crippen LogP contribution in [0.2, 0.25) is 0 Å². The molecule has 0 amide bonds. The summed E-state index contributed by atoms with van der Waals surface area (Å²) in [7, 11) is 0. The van der Waals surface area contributed by atoms with Crippen LogP contribution >= 0.6 is 0 Å². The summed E-state index contributed by atoms with van der Waals surface area (Å²) >= 11 is 0. The third-order valence-electron chi connectivity index (χ3n) is 2.30. The molecule has 0 unspecified atom stereocenters. The Morgan fingerprint density at radius 1 is 1.25 bits per heavy atom. The van der Waals surface area contributed by atoms with Crippen LogP contribution in [0.25, 0.3) is 10.9 Å². The first kappa shape index (κ1) is 10.7. The van der Waals surface area contributed by atoms with Gasteiger partial charge in [0, 0.05) is 18.1 Å². The average molecular weight is 227 g/mol. The zero-order chi connectivity index (χ0) is 11.8. The lowest BCUT2D eigenvalue weighted by molar-refractivity contribution is -0.170. The summed E-state index contributed by atoms with van der Waals surface area (Å²) in [5, 5.41) is 0.799. The van der Waals surface area contributed by atoms with E-state index in [-0.39, 0.29) is 0 Å². The number of benzene rings is 1. The Kier molecular flexibility index (Phi) is 2.46. The van der Waals surface area contributed by atoms with Gasteiger partial charge in [-0.05, 0) is 29.1 Å². The van der Waals surface area contributed by atoms with E-state index in [4.69, 9.17) is 0 Å². The van der Waals surface area contributed by atoms with Crippen molar-refractivity contribution in [3.8, 4) is 0 Å².